The molecule has 2 N–H and O–H groups in total. The molecule has 1 heterocycles. The molecule has 1 aromatic heterocycles. The summed E-state index contributed by atoms with van der Waals surface area (Å²) in [7, 11) is 0. The zero-order valence-corrected chi connectivity index (χ0v) is 13.5. The molecule has 1 aliphatic rings. The van der Waals surface area contributed by atoms with Crippen molar-refractivity contribution in [3.8, 4) is 5.75 Å². The first-order valence-corrected chi connectivity index (χ1v) is 8.53. The number of aromatic nitrogens is 1. The third-order valence-electron chi connectivity index (χ3n) is 4.98. The molecule has 1 aromatic rings. The summed E-state index contributed by atoms with van der Waals surface area (Å²) in [5.41, 5.74) is 2.14. The van der Waals surface area contributed by atoms with Crippen LogP contribution < -0.4 is 5.56 Å². The SMILES string of the molecule is Cc1[nH]c(=O)c(C2CCCCCCCCCC2)c(O)c1C. The van der Waals surface area contributed by atoms with Crippen LogP contribution in [0.5, 0.6) is 5.75 Å². The maximum absolute atomic E-state index is 12.3. The maximum Gasteiger partial charge on any atom is 0.255 e. The second-order valence-corrected chi connectivity index (χ2v) is 6.57. The van der Waals surface area contributed by atoms with Crippen LogP contribution in [0.25, 0.3) is 0 Å². The van der Waals surface area contributed by atoms with Gasteiger partial charge in [-0.05, 0) is 32.6 Å². The van der Waals surface area contributed by atoms with Gasteiger partial charge in [-0.1, -0.05) is 51.4 Å². The van der Waals surface area contributed by atoms with Crippen molar-refractivity contribution in [1.82, 2.24) is 4.98 Å². The van der Waals surface area contributed by atoms with Gasteiger partial charge in [-0.2, -0.15) is 0 Å². The average Bonchev–Trinajstić information content (AvgIpc) is 2.51. The molecule has 0 aromatic carbocycles. The number of aromatic hydroxyl groups is 1. The van der Waals surface area contributed by atoms with Gasteiger partial charge in [0.1, 0.15) is 5.75 Å². The molecule has 2 rings (SSSR count). The number of pyridine rings is 1. The van der Waals surface area contributed by atoms with Crippen LogP contribution in [0.1, 0.15) is 86.9 Å². The van der Waals surface area contributed by atoms with Gasteiger partial charge in [-0.15, -0.1) is 0 Å². The van der Waals surface area contributed by atoms with E-state index < -0.39 is 0 Å². The van der Waals surface area contributed by atoms with Gasteiger partial charge in [-0.3, -0.25) is 4.79 Å². The number of aromatic amines is 1. The highest BCUT2D eigenvalue weighted by molar-refractivity contribution is 5.42. The monoisotopic (exact) mass is 291 g/mol. The lowest BCUT2D eigenvalue weighted by Crippen LogP contribution is -2.19. The molecule has 1 aliphatic carbocycles. The van der Waals surface area contributed by atoms with Gasteiger partial charge in [0.05, 0.1) is 5.56 Å². The molecular formula is C18H29NO2. The summed E-state index contributed by atoms with van der Waals surface area (Å²) in [5, 5.41) is 10.4. The first-order chi connectivity index (χ1) is 10.1. The molecule has 3 nitrogen and oxygen atoms in total. The number of hydrogen-bond acceptors (Lipinski definition) is 2. The molecule has 0 aliphatic heterocycles. The van der Waals surface area contributed by atoms with Crippen LogP contribution in [0.4, 0.5) is 0 Å². The van der Waals surface area contributed by atoms with Gasteiger partial charge < -0.3 is 10.1 Å². The molecule has 0 unspecified atom stereocenters. The molecule has 0 radical (unpaired) electrons. The van der Waals surface area contributed by atoms with E-state index in [1.165, 1.54) is 38.5 Å². The minimum Gasteiger partial charge on any atom is -0.507 e. The Kier molecular flexibility index (Phi) is 5.89. The fourth-order valence-electron chi connectivity index (χ4n) is 3.47. The van der Waals surface area contributed by atoms with Crippen molar-refractivity contribution >= 4 is 0 Å². The molecule has 0 saturated heterocycles. The Morgan fingerprint density at radius 2 is 1.38 bits per heavy atom. The summed E-state index contributed by atoms with van der Waals surface area (Å²) in [6.07, 6.45) is 12.2. The van der Waals surface area contributed by atoms with E-state index >= 15 is 0 Å². The third-order valence-corrected chi connectivity index (χ3v) is 4.98. The zero-order chi connectivity index (χ0) is 15.2. The van der Waals surface area contributed by atoms with Crippen LogP contribution >= 0.6 is 0 Å². The van der Waals surface area contributed by atoms with E-state index in [1.807, 2.05) is 13.8 Å². The summed E-state index contributed by atoms with van der Waals surface area (Å²) in [4.78, 5) is 15.2. The molecule has 1 saturated carbocycles. The highest BCUT2D eigenvalue weighted by atomic mass is 16.3. The number of rotatable bonds is 1. The summed E-state index contributed by atoms with van der Waals surface area (Å²) in [6, 6.07) is 0. The van der Waals surface area contributed by atoms with Crippen LogP contribution in [-0.4, -0.2) is 10.1 Å². The quantitative estimate of drug-likeness (QED) is 0.788. The summed E-state index contributed by atoms with van der Waals surface area (Å²) in [5.74, 6) is 0.447. The number of nitrogens with one attached hydrogen (secondary N) is 1. The van der Waals surface area contributed by atoms with Crippen molar-refractivity contribution in [2.75, 3.05) is 0 Å². The Balaban J connectivity index is 2.24. The van der Waals surface area contributed by atoms with Crippen LogP contribution in [0.2, 0.25) is 0 Å². The van der Waals surface area contributed by atoms with Crippen molar-refractivity contribution in [2.24, 2.45) is 0 Å². The minimum absolute atomic E-state index is 0.0875. The van der Waals surface area contributed by atoms with Crippen molar-refractivity contribution in [2.45, 2.75) is 84.0 Å². The van der Waals surface area contributed by atoms with E-state index in [2.05, 4.69) is 4.98 Å². The number of hydrogen-bond donors (Lipinski definition) is 2. The topological polar surface area (TPSA) is 53.1 Å². The number of aryl methyl sites for hydroxylation is 1. The zero-order valence-electron chi connectivity index (χ0n) is 13.5. The van der Waals surface area contributed by atoms with Crippen LogP contribution in [-0.2, 0) is 0 Å². The van der Waals surface area contributed by atoms with E-state index in [9.17, 15) is 9.90 Å². The summed E-state index contributed by atoms with van der Waals surface area (Å²) < 4.78 is 0. The fourth-order valence-corrected chi connectivity index (χ4v) is 3.47. The Hall–Kier alpha value is -1.25. The predicted molar refractivity (Wildman–Crippen MR) is 87.1 cm³/mol. The van der Waals surface area contributed by atoms with Crippen LogP contribution in [0, 0.1) is 13.8 Å². The number of H-pyrrole nitrogens is 1. The van der Waals surface area contributed by atoms with E-state index in [1.54, 1.807) is 0 Å². The van der Waals surface area contributed by atoms with Crippen molar-refractivity contribution in [3.63, 3.8) is 0 Å². The Morgan fingerprint density at radius 3 is 1.90 bits per heavy atom. The second-order valence-electron chi connectivity index (χ2n) is 6.57. The molecule has 118 valence electrons. The highest BCUT2D eigenvalue weighted by Gasteiger charge is 2.21. The van der Waals surface area contributed by atoms with Crippen LogP contribution in [0.3, 0.4) is 0 Å². The second kappa shape index (κ2) is 7.67. The standard InChI is InChI=1S/C18H29NO2/c1-13-14(2)19-18(21)16(17(13)20)15-11-9-7-5-3-4-6-8-10-12-15/h15H,3-12H2,1-2H3,(H2,19,20,21). The maximum atomic E-state index is 12.3. The first-order valence-electron chi connectivity index (χ1n) is 8.53. The van der Waals surface area contributed by atoms with Crippen molar-refractivity contribution in [1.29, 1.82) is 0 Å². The third kappa shape index (κ3) is 4.12. The van der Waals surface area contributed by atoms with E-state index in [0.29, 0.717) is 5.56 Å². The van der Waals surface area contributed by atoms with Gasteiger partial charge >= 0.3 is 0 Å². The molecule has 21 heavy (non-hydrogen) atoms. The van der Waals surface area contributed by atoms with Crippen LogP contribution in [0.15, 0.2) is 4.79 Å². The largest absolute Gasteiger partial charge is 0.507 e. The Labute approximate surface area is 127 Å². The lowest BCUT2D eigenvalue weighted by Gasteiger charge is -2.19. The van der Waals surface area contributed by atoms with Crippen molar-refractivity contribution in [3.05, 3.63) is 27.2 Å². The lowest BCUT2D eigenvalue weighted by atomic mass is 9.88. The minimum atomic E-state index is -0.0875. The Morgan fingerprint density at radius 1 is 0.905 bits per heavy atom. The molecule has 0 spiro atoms. The van der Waals surface area contributed by atoms with Gasteiger partial charge in [0.2, 0.25) is 0 Å². The smallest absolute Gasteiger partial charge is 0.255 e. The van der Waals surface area contributed by atoms with E-state index in [4.69, 9.17) is 0 Å². The highest BCUT2D eigenvalue weighted by Crippen LogP contribution is 2.34. The molecular weight excluding hydrogens is 262 g/mol. The summed E-state index contributed by atoms with van der Waals surface area (Å²) in [6.45, 7) is 3.73. The van der Waals surface area contributed by atoms with Crippen molar-refractivity contribution < 1.29 is 5.11 Å². The normalized spacial score (nSPS) is 19.1. The molecule has 3 heteroatoms. The predicted octanol–water partition coefficient (Wildman–Crippen LogP) is 4.70. The average molecular weight is 291 g/mol. The lowest BCUT2D eigenvalue weighted by molar-refractivity contribution is 0.435. The molecule has 0 bridgehead atoms. The van der Waals surface area contributed by atoms with E-state index in [-0.39, 0.29) is 17.2 Å². The first kappa shape index (κ1) is 16.1. The van der Waals surface area contributed by atoms with Gasteiger partial charge in [0.25, 0.3) is 5.56 Å². The molecule has 0 amide bonds. The Bertz CT molecular complexity index is 507. The van der Waals surface area contributed by atoms with Gasteiger partial charge in [-0.25, -0.2) is 0 Å². The molecule has 0 atom stereocenters. The van der Waals surface area contributed by atoms with Gasteiger partial charge in [0.15, 0.2) is 0 Å². The van der Waals surface area contributed by atoms with Gasteiger partial charge in [0, 0.05) is 11.3 Å². The molecule has 1 fully saturated rings. The fraction of sp³-hybridized carbons (Fsp3) is 0.722. The van der Waals surface area contributed by atoms with E-state index in [0.717, 1.165) is 36.9 Å². The summed E-state index contributed by atoms with van der Waals surface area (Å²) >= 11 is 0.